The molecule has 1 heterocycles. The van der Waals surface area contributed by atoms with Crippen LogP contribution >= 0.6 is 0 Å². The summed E-state index contributed by atoms with van der Waals surface area (Å²) in [5.41, 5.74) is 4.90. The Kier molecular flexibility index (Phi) is 2.53. The van der Waals surface area contributed by atoms with Crippen molar-refractivity contribution in [1.82, 2.24) is 0 Å². The molecular weight excluding hydrogens is 260 g/mol. The van der Waals surface area contributed by atoms with E-state index >= 15 is 0 Å². The number of ether oxygens (including phenoxy) is 1. The number of hydrogen-bond donors (Lipinski definition) is 0. The fourth-order valence-electron chi connectivity index (χ4n) is 4.25. The van der Waals surface area contributed by atoms with Gasteiger partial charge >= 0.3 is 5.97 Å². The largest absolute Gasteiger partial charge is 0.465 e. The first-order valence-corrected chi connectivity index (χ1v) is 7.46. The number of benzene rings is 2. The van der Waals surface area contributed by atoms with Gasteiger partial charge < -0.3 is 4.74 Å². The number of fused-ring (bicyclic) bond motifs is 1. The quantitative estimate of drug-likeness (QED) is 0.787. The van der Waals surface area contributed by atoms with Gasteiger partial charge in [0.1, 0.15) is 0 Å². The van der Waals surface area contributed by atoms with Crippen LogP contribution in [0.5, 0.6) is 0 Å². The second kappa shape index (κ2) is 4.20. The molecule has 1 aliphatic heterocycles. The van der Waals surface area contributed by atoms with E-state index in [0.29, 0.717) is 6.61 Å². The Hall–Kier alpha value is -2.09. The van der Waals surface area contributed by atoms with Gasteiger partial charge in [0, 0.05) is 11.3 Å². The lowest BCUT2D eigenvalue weighted by Crippen LogP contribution is -2.24. The van der Waals surface area contributed by atoms with Crippen LogP contribution in [-0.4, -0.2) is 12.6 Å². The molecule has 2 heteroatoms. The highest BCUT2D eigenvalue weighted by atomic mass is 16.5. The molecule has 1 saturated heterocycles. The summed E-state index contributed by atoms with van der Waals surface area (Å²) in [4.78, 5) is 12.2. The first-order chi connectivity index (χ1) is 10.2. The van der Waals surface area contributed by atoms with E-state index < -0.39 is 0 Å². The highest BCUT2D eigenvalue weighted by Gasteiger charge is 2.74. The van der Waals surface area contributed by atoms with Crippen LogP contribution in [0.25, 0.3) is 0 Å². The molecule has 106 valence electrons. The Bertz CT molecular complexity index is 686. The molecule has 2 fully saturated rings. The SMILES string of the molecule is Cc1ccccc1C1(c2ccccc2C)[C@@H]2COC(=O)[C@@H]21. The maximum Gasteiger partial charge on any atom is 0.310 e. The van der Waals surface area contributed by atoms with Crippen LogP contribution in [-0.2, 0) is 14.9 Å². The molecule has 0 unspecified atom stereocenters. The van der Waals surface area contributed by atoms with Crippen molar-refractivity contribution in [3.05, 3.63) is 70.8 Å². The summed E-state index contributed by atoms with van der Waals surface area (Å²) in [5.74, 6) is 0.235. The highest BCUT2D eigenvalue weighted by Crippen LogP contribution is 2.67. The molecule has 0 radical (unpaired) electrons. The third-order valence-electron chi connectivity index (χ3n) is 5.21. The van der Waals surface area contributed by atoms with E-state index in [9.17, 15) is 4.79 Å². The molecule has 2 aliphatic rings. The van der Waals surface area contributed by atoms with E-state index in [1.165, 1.54) is 22.3 Å². The molecule has 0 spiro atoms. The molecule has 2 aromatic carbocycles. The third kappa shape index (κ3) is 1.50. The number of rotatable bonds is 2. The van der Waals surface area contributed by atoms with Crippen molar-refractivity contribution in [2.45, 2.75) is 19.3 Å². The van der Waals surface area contributed by atoms with Crippen molar-refractivity contribution in [3.8, 4) is 0 Å². The fourth-order valence-corrected chi connectivity index (χ4v) is 4.25. The second-order valence-electron chi connectivity index (χ2n) is 6.21. The predicted molar refractivity (Wildman–Crippen MR) is 81.1 cm³/mol. The number of carbonyl (C=O) groups is 1. The van der Waals surface area contributed by atoms with Gasteiger partial charge in [0.05, 0.1) is 12.5 Å². The van der Waals surface area contributed by atoms with E-state index in [0.717, 1.165) is 0 Å². The van der Waals surface area contributed by atoms with Crippen LogP contribution in [0.1, 0.15) is 22.3 Å². The van der Waals surface area contributed by atoms with Gasteiger partial charge in [0.25, 0.3) is 0 Å². The Labute approximate surface area is 124 Å². The lowest BCUT2D eigenvalue weighted by molar-refractivity contribution is -0.141. The summed E-state index contributed by atoms with van der Waals surface area (Å²) in [6.07, 6.45) is 0. The number of aryl methyl sites for hydroxylation is 2. The van der Waals surface area contributed by atoms with Gasteiger partial charge in [-0.1, -0.05) is 48.5 Å². The maximum absolute atomic E-state index is 12.2. The first-order valence-electron chi connectivity index (χ1n) is 7.46. The van der Waals surface area contributed by atoms with Crippen molar-refractivity contribution in [2.24, 2.45) is 11.8 Å². The van der Waals surface area contributed by atoms with Crippen LogP contribution in [0.15, 0.2) is 48.5 Å². The molecule has 2 nitrogen and oxygen atoms in total. The molecule has 21 heavy (non-hydrogen) atoms. The number of hydrogen-bond acceptors (Lipinski definition) is 2. The van der Waals surface area contributed by atoms with E-state index in [2.05, 4.69) is 62.4 Å². The molecule has 2 aromatic rings. The van der Waals surface area contributed by atoms with Crippen molar-refractivity contribution in [2.75, 3.05) is 6.61 Å². The average molecular weight is 278 g/mol. The molecule has 0 N–H and O–H groups in total. The number of esters is 1. The van der Waals surface area contributed by atoms with E-state index in [1.54, 1.807) is 0 Å². The number of cyclic esters (lactones) is 1. The molecule has 4 rings (SSSR count). The topological polar surface area (TPSA) is 26.3 Å². The summed E-state index contributed by atoms with van der Waals surface area (Å²) < 4.78 is 5.25. The lowest BCUT2D eigenvalue weighted by Gasteiger charge is -2.25. The van der Waals surface area contributed by atoms with Gasteiger partial charge in [0.15, 0.2) is 0 Å². The molecule has 0 amide bonds. The highest BCUT2D eigenvalue weighted by molar-refractivity contribution is 5.85. The summed E-state index contributed by atoms with van der Waals surface area (Å²) in [6.45, 7) is 4.82. The van der Waals surface area contributed by atoms with Crippen LogP contribution in [0.4, 0.5) is 0 Å². The van der Waals surface area contributed by atoms with Crippen molar-refractivity contribution in [3.63, 3.8) is 0 Å². The second-order valence-corrected chi connectivity index (χ2v) is 6.21. The standard InChI is InChI=1S/C19H18O2/c1-12-7-3-5-9-14(12)19(15-10-6-4-8-13(15)2)16-11-21-18(20)17(16)19/h3-10,16-17H,11H2,1-2H3/t16-,17-/m1/s1. The third-order valence-corrected chi connectivity index (χ3v) is 5.21. The molecule has 1 saturated carbocycles. The Balaban J connectivity index is 1.97. The van der Waals surface area contributed by atoms with Crippen LogP contribution in [0.3, 0.4) is 0 Å². The van der Waals surface area contributed by atoms with Gasteiger partial charge in [-0.05, 0) is 36.1 Å². The number of carbonyl (C=O) groups excluding carboxylic acids is 1. The minimum atomic E-state index is -0.175. The van der Waals surface area contributed by atoms with Gasteiger partial charge in [-0.15, -0.1) is 0 Å². The lowest BCUT2D eigenvalue weighted by atomic mass is 9.79. The normalized spacial score (nSPS) is 25.3. The zero-order valence-corrected chi connectivity index (χ0v) is 12.3. The molecule has 2 atom stereocenters. The van der Waals surface area contributed by atoms with E-state index in [1.807, 2.05) is 0 Å². The minimum absolute atomic E-state index is 0.0142. The molecule has 1 aliphatic carbocycles. The van der Waals surface area contributed by atoms with Crippen molar-refractivity contribution in [1.29, 1.82) is 0 Å². The summed E-state index contributed by atoms with van der Waals surface area (Å²) in [6, 6.07) is 16.9. The van der Waals surface area contributed by atoms with Crippen LogP contribution in [0.2, 0.25) is 0 Å². The molecule has 0 bridgehead atoms. The van der Waals surface area contributed by atoms with Gasteiger partial charge in [-0.3, -0.25) is 4.79 Å². The average Bonchev–Trinajstić information content (AvgIpc) is 2.99. The van der Waals surface area contributed by atoms with Gasteiger partial charge in [-0.25, -0.2) is 0 Å². The van der Waals surface area contributed by atoms with Gasteiger partial charge in [0.2, 0.25) is 0 Å². The molecular formula is C19H18O2. The zero-order valence-electron chi connectivity index (χ0n) is 12.3. The fraction of sp³-hybridized carbons (Fsp3) is 0.316. The zero-order chi connectivity index (χ0) is 14.6. The Morgan fingerprint density at radius 2 is 1.48 bits per heavy atom. The Morgan fingerprint density at radius 3 is 1.90 bits per heavy atom. The summed E-state index contributed by atoms with van der Waals surface area (Å²) in [7, 11) is 0. The van der Waals surface area contributed by atoms with Crippen LogP contribution < -0.4 is 0 Å². The summed E-state index contributed by atoms with van der Waals surface area (Å²) in [5, 5.41) is 0. The summed E-state index contributed by atoms with van der Waals surface area (Å²) >= 11 is 0. The monoisotopic (exact) mass is 278 g/mol. The van der Waals surface area contributed by atoms with Crippen molar-refractivity contribution >= 4 is 5.97 Å². The first kappa shape index (κ1) is 12.6. The molecule has 0 aromatic heterocycles. The van der Waals surface area contributed by atoms with Crippen LogP contribution in [0, 0.1) is 25.7 Å². The van der Waals surface area contributed by atoms with E-state index in [-0.39, 0.29) is 23.2 Å². The maximum atomic E-state index is 12.2. The van der Waals surface area contributed by atoms with Crippen molar-refractivity contribution < 1.29 is 9.53 Å². The van der Waals surface area contributed by atoms with E-state index in [4.69, 9.17) is 4.74 Å². The Morgan fingerprint density at radius 1 is 0.952 bits per heavy atom. The smallest absolute Gasteiger partial charge is 0.310 e. The minimum Gasteiger partial charge on any atom is -0.465 e. The predicted octanol–water partition coefficient (Wildman–Crippen LogP) is 3.39. The van der Waals surface area contributed by atoms with Gasteiger partial charge in [-0.2, -0.15) is 0 Å².